The van der Waals surface area contributed by atoms with Crippen LogP contribution in [0.25, 0.3) is 0 Å². The Morgan fingerprint density at radius 3 is 2.33 bits per heavy atom. The fraction of sp³-hybridized carbons (Fsp3) is 0.364. The molecule has 0 aromatic rings. The number of hydrogen-bond donors (Lipinski definition) is 0. The standard InChI is InChI=1S/C11H17N/c1-5-10(4)8-9-12-11(6-2)7-3/h6-8H,2-3,5,9H2,1,4H3/b10-8-. The van der Waals surface area contributed by atoms with E-state index in [1.54, 1.807) is 12.2 Å². The molecule has 0 saturated heterocycles. The molecule has 0 N–H and O–H groups in total. The predicted octanol–water partition coefficient (Wildman–Crippen LogP) is 3.16. The molecule has 0 unspecified atom stereocenters. The van der Waals surface area contributed by atoms with Gasteiger partial charge in [0.05, 0.1) is 12.3 Å². The maximum Gasteiger partial charge on any atom is 0.0580 e. The van der Waals surface area contributed by atoms with Crippen LogP contribution in [0, 0.1) is 0 Å². The molecule has 0 saturated carbocycles. The van der Waals surface area contributed by atoms with E-state index in [0.29, 0.717) is 0 Å². The molecule has 66 valence electrons. The lowest BCUT2D eigenvalue weighted by Crippen LogP contribution is -1.87. The topological polar surface area (TPSA) is 12.4 Å². The van der Waals surface area contributed by atoms with Crippen LogP contribution in [0.1, 0.15) is 20.3 Å². The second kappa shape index (κ2) is 6.59. The summed E-state index contributed by atoms with van der Waals surface area (Å²) in [5, 5.41) is 0. The lowest BCUT2D eigenvalue weighted by atomic mass is 10.2. The summed E-state index contributed by atoms with van der Waals surface area (Å²) in [5.74, 6) is 0. The Bertz CT molecular complexity index is 199. The van der Waals surface area contributed by atoms with Crippen LogP contribution in [0.4, 0.5) is 0 Å². The highest BCUT2D eigenvalue weighted by molar-refractivity contribution is 6.03. The second-order valence-electron chi connectivity index (χ2n) is 2.58. The number of nitrogens with zero attached hydrogens (tertiary/aromatic N) is 1. The number of allylic oxidation sites excluding steroid dienone is 3. The van der Waals surface area contributed by atoms with Crippen LogP contribution in [0.2, 0.25) is 0 Å². The van der Waals surface area contributed by atoms with E-state index >= 15 is 0 Å². The molecule has 0 fully saturated rings. The van der Waals surface area contributed by atoms with Crippen molar-refractivity contribution in [3.8, 4) is 0 Å². The molecule has 0 rings (SSSR count). The van der Waals surface area contributed by atoms with E-state index in [9.17, 15) is 0 Å². The first-order valence-electron chi connectivity index (χ1n) is 4.19. The van der Waals surface area contributed by atoms with Crippen molar-refractivity contribution in [1.82, 2.24) is 0 Å². The minimum Gasteiger partial charge on any atom is -0.281 e. The quantitative estimate of drug-likeness (QED) is 0.436. The molecule has 0 aliphatic rings. The summed E-state index contributed by atoms with van der Waals surface area (Å²) in [6.07, 6.45) is 6.63. The highest BCUT2D eigenvalue weighted by atomic mass is 14.7. The monoisotopic (exact) mass is 163 g/mol. The molecule has 0 aliphatic heterocycles. The van der Waals surface area contributed by atoms with Crippen LogP contribution >= 0.6 is 0 Å². The third kappa shape index (κ3) is 4.67. The molecule has 0 aliphatic carbocycles. The summed E-state index contributed by atoms with van der Waals surface area (Å²) in [6, 6.07) is 0. The third-order valence-corrected chi connectivity index (χ3v) is 1.69. The van der Waals surface area contributed by atoms with Crippen molar-refractivity contribution in [2.24, 2.45) is 4.99 Å². The largest absolute Gasteiger partial charge is 0.281 e. The van der Waals surface area contributed by atoms with Gasteiger partial charge in [-0.3, -0.25) is 4.99 Å². The average Bonchev–Trinajstić information content (AvgIpc) is 2.12. The van der Waals surface area contributed by atoms with Gasteiger partial charge in [0.2, 0.25) is 0 Å². The molecule has 0 spiro atoms. The fourth-order valence-corrected chi connectivity index (χ4v) is 0.664. The van der Waals surface area contributed by atoms with E-state index in [0.717, 1.165) is 18.7 Å². The zero-order valence-corrected chi connectivity index (χ0v) is 8.01. The molecule has 1 heteroatoms. The van der Waals surface area contributed by atoms with E-state index in [-0.39, 0.29) is 0 Å². The smallest absolute Gasteiger partial charge is 0.0580 e. The van der Waals surface area contributed by atoms with Crippen molar-refractivity contribution < 1.29 is 0 Å². The van der Waals surface area contributed by atoms with Crippen LogP contribution in [-0.2, 0) is 0 Å². The summed E-state index contributed by atoms with van der Waals surface area (Å²) < 4.78 is 0. The van der Waals surface area contributed by atoms with Gasteiger partial charge >= 0.3 is 0 Å². The maximum atomic E-state index is 4.25. The van der Waals surface area contributed by atoms with Gasteiger partial charge in [0, 0.05) is 0 Å². The molecule has 1 nitrogen and oxygen atoms in total. The molecule has 12 heavy (non-hydrogen) atoms. The molecule has 0 aromatic carbocycles. The van der Waals surface area contributed by atoms with Gasteiger partial charge in [-0.05, 0) is 25.5 Å². The zero-order valence-electron chi connectivity index (χ0n) is 8.01. The lowest BCUT2D eigenvalue weighted by molar-refractivity contribution is 1.07. The van der Waals surface area contributed by atoms with Crippen molar-refractivity contribution in [2.75, 3.05) is 6.54 Å². The van der Waals surface area contributed by atoms with Crippen molar-refractivity contribution in [3.63, 3.8) is 0 Å². The molecule has 0 atom stereocenters. The molecular weight excluding hydrogens is 146 g/mol. The van der Waals surface area contributed by atoms with Crippen LogP contribution in [0.5, 0.6) is 0 Å². The van der Waals surface area contributed by atoms with E-state index in [2.05, 4.69) is 38.1 Å². The Morgan fingerprint density at radius 2 is 1.92 bits per heavy atom. The second-order valence-corrected chi connectivity index (χ2v) is 2.58. The summed E-state index contributed by atoms with van der Waals surface area (Å²) in [7, 11) is 0. The Morgan fingerprint density at radius 1 is 1.33 bits per heavy atom. The third-order valence-electron chi connectivity index (χ3n) is 1.69. The maximum absolute atomic E-state index is 4.25. The Kier molecular flexibility index (Phi) is 5.98. The van der Waals surface area contributed by atoms with Gasteiger partial charge in [-0.25, -0.2) is 0 Å². The summed E-state index contributed by atoms with van der Waals surface area (Å²) >= 11 is 0. The van der Waals surface area contributed by atoms with Crippen molar-refractivity contribution in [2.45, 2.75) is 20.3 Å². The van der Waals surface area contributed by atoms with Gasteiger partial charge in [0.25, 0.3) is 0 Å². The Hall–Kier alpha value is -1.11. The molecular formula is C11H17N. The van der Waals surface area contributed by atoms with Crippen molar-refractivity contribution >= 4 is 5.71 Å². The van der Waals surface area contributed by atoms with Crippen molar-refractivity contribution in [1.29, 1.82) is 0 Å². The van der Waals surface area contributed by atoms with Crippen LogP contribution in [0.15, 0.2) is 42.0 Å². The SMILES string of the molecule is C=CC(C=C)=NC/C=C(/C)CC. The summed E-state index contributed by atoms with van der Waals surface area (Å²) in [6.45, 7) is 12.2. The first kappa shape index (κ1) is 10.9. The highest BCUT2D eigenvalue weighted by Gasteiger charge is 1.84. The van der Waals surface area contributed by atoms with Gasteiger partial charge in [0.15, 0.2) is 0 Å². The van der Waals surface area contributed by atoms with Gasteiger partial charge in [0.1, 0.15) is 0 Å². The predicted molar refractivity (Wildman–Crippen MR) is 56.7 cm³/mol. The minimum absolute atomic E-state index is 0.729. The van der Waals surface area contributed by atoms with E-state index in [4.69, 9.17) is 0 Å². The molecule has 0 bridgehead atoms. The van der Waals surface area contributed by atoms with Crippen LogP contribution in [0.3, 0.4) is 0 Å². The number of rotatable bonds is 5. The van der Waals surface area contributed by atoms with E-state index in [1.165, 1.54) is 5.57 Å². The Labute approximate surface area is 75.2 Å². The lowest BCUT2D eigenvalue weighted by Gasteiger charge is -1.93. The highest BCUT2D eigenvalue weighted by Crippen LogP contribution is 1.97. The number of aliphatic imine (C=N–C) groups is 1. The van der Waals surface area contributed by atoms with Crippen molar-refractivity contribution in [3.05, 3.63) is 37.0 Å². The minimum atomic E-state index is 0.729. The van der Waals surface area contributed by atoms with E-state index < -0.39 is 0 Å². The molecule has 0 radical (unpaired) electrons. The van der Waals surface area contributed by atoms with Crippen LogP contribution in [-0.4, -0.2) is 12.3 Å². The summed E-state index contributed by atoms with van der Waals surface area (Å²) in [4.78, 5) is 4.25. The van der Waals surface area contributed by atoms with Gasteiger partial charge in [-0.2, -0.15) is 0 Å². The number of hydrogen-bond acceptors (Lipinski definition) is 1. The molecule has 0 amide bonds. The van der Waals surface area contributed by atoms with E-state index in [1.807, 2.05) is 0 Å². The average molecular weight is 163 g/mol. The Balaban J connectivity index is 4.03. The van der Waals surface area contributed by atoms with Gasteiger partial charge < -0.3 is 0 Å². The first-order valence-corrected chi connectivity index (χ1v) is 4.19. The zero-order chi connectivity index (χ0) is 9.40. The van der Waals surface area contributed by atoms with Gasteiger partial charge in [-0.15, -0.1) is 0 Å². The van der Waals surface area contributed by atoms with Crippen LogP contribution < -0.4 is 0 Å². The normalized spacial score (nSPS) is 10.7. The summed E-state index contributed by atoms with van der Waals surface area (Å²) in [5.41, 5.74) is 2.22. The first-order chi connectivity index (χ1) is 5.74. The van der Waals surface area contributed by atoms with Gasteiger partial charge in [-0.1, -0.05) is 31.7 Å². The fourth-order valence-electron chi connectivity index (χ4n) is 0.664. The molecule has 0 aromatic heterocycles. The molecule has 0 heterocycles.